The number of carbonyl (C=O) groups excluding carboxylic acids is 2. The maximum absolute atomic E-state index is 13.3. The van der Waals surface area contributed by atoms with Gasteiger partial charge < -0.3 is 23.9 Å². The summed E-state index contributed by atoms with van der Waals surface area (Å²) in [7, 11) is 0. The van der Waals surface area contributed by atoms with E-state index in [0.717, 1.165) is 0 Å². The van der Waals surface area contributed by atoms with Crippen LogP contribution in [0.5, 0.6) is 17.2 Å². The van der Waals surface area contributed by atoms with Crippen LogP contribution in [0.3, 0.4) is 0 Å². The number of anilines is 1. The van der Waals surface area contributed by atoms with Crippen molar-refractivity contribution in [2.24, 2.45) is 0 Å². The fourth-order valence-electron chi connectivity index (χ4n) is 3.41. The Morgan fingerprint density at radius 3 is 2.64 bits per heavy atom. The third kappa shape index (κ3) is 4.20. The molecule has 2 heterocycles. The minimum absolute atomic E-state index is 0.00654. The Morgan fingerprint density at radius 1 is 0.970 bits per heavy atom. The van der Waals surface area contributed by atoms with Gasteiger partial charge in [-0.05, 0) is 48.5 Å². The normalized spacial score (nSPS) is 12.1. The number of furan rings is 1. The fraction of sp³-hybridized carbons (Fsp3) is 0.0833. The first kappa shape index (κ1) is 21.2. The molecule has 5 rings (SSSR count). The number of amides is 1. The standard InChI is InChI=1S/C24H15Cl2NO6/c25-14-6-8-18(16(26)10-14)30-11-21(28)27-22-15-3-1-2-4-17(15)33-24(22)23(29)13-5-7-19-20(9-13)32-12-31-19/h1-10H,11-12H2,(H,27,28). The highest BCUT2D eigenvalue weighted by atomic mass is 35.5. The number of hydrogen-bond donors (Lipinski definition) is 1. The van der Waals surface area contributed by atoms with Crippen molar-refractivity contribution >= 4 is 51.5 Å². The molecule has 0 bridgehead atoms. The third-order valence-corrected chi connectivity index (χ3v) is 5.48. The maximum atomic E-state index is 13.3. The number of nitrogens with one attached hydrogen (secondary N) is 1. The van der Waals surface area contributed by atoms with Crippen LogP contribution in [0.4, 0.5) is 5.69 Å². The summed E-state index contributed by atoms with van der Waals surface area (Å²) in [5, 5.41) is 4.05. The molecule has 166 valence electrons. The summed E-state index contributed by atoms with van der Waals surface area (Å²) in [6.45, 7) is -0.241. The number of halogens is 2. The van der Waals surface area contributed by atoms with Gasteiger partial charge in [0.1, 0.15) is 11.3 Å². The first-order valence-corrected chi connectivity index (χ1v) is 10.6. The van der Waals surface area contributed by atoms with Crippen LogP contribution in [0, 0.1) is 0 Å². The van der Waals surface area contributed by atoms with E-state index in [0.29, 0.717) is 38.8 Å². The van der Waals surface area contributed by atoms with Crippen molar-refractivity contribution < 1.29 is 28.2 Å². The zero-order valence-corrected chi connectivity index (χ0v) is 18.4. The first-order chi connectivity index (χ1) is 16.0. The highest BCUT2D eigenvalue weighted by molar-refractivity contribution is 6.35. The Morgan fingerprint density at radius 2 is 1.79 bits per heavy atom. The van der Waals surface area contributed by atoms with Crippen molar-refractivity contribution in [1.29, 1.82) is 0 Å². The van der Waals surface area contributed by atoms with E-state index in [1.165, 1.54) is 6.07 Å². The number of fused-ring (bicyclic) bond motifs is 2. The molecule has 9 heteroatoms. The van der Waals surface area contributed by atoms with Gasteiger partial charge in [0.2, 0.25) is 12.6 Å². The van der Waals surface area contributed by atoms with Crippen LogP contribution in [0.25, 0.3) is 11.0 Å². The summed E-state index contributed by atoms with van der Waals surface area (Å²) in [5.41, 5.74) is 1.04. The number of para-hydroxylation sites is 1. The van der Waals surface area contributed by atoms with Crippen LogP contribution >= 0.6 is 23.2 Å². The molecule has 0 spiro atoms. The number of benzene rings is 3. The molecule has 1 N–H and O–H groups in total. The van der Waals surface area contributed by atoms with Gasteiger partial charge in [-0.25, -0.2) is 0 Å². The summed E-state index contributed by atoms with van der Waals surface area (Å²) < 4.78 is 22.0. The second-order valence-electron chi connectivity index (χ2n) is 7.11. The van der Waals surface area contributed by atoms with Crippen molar-refractivity contribution in [1.82, 2.24) is 0 Å². The molecule has 1 aliphatic rings. The van der Waals surface area contributed by atoms with Crippen LogP contribution in [-0.4, -0.2) is 25.1 Å². The van der Waals surface area contributed by atoms with Gasteiger partial charge in [0.05, 0.1) is 10.7 Å². The van der Waals surface area contributed by atoms with Crippen molar-refractivity contribution in [3.8, 4) is 17.2 Å². The van der Waals surface area contributed by atoms with E-state index in [4.69, 9.17) is 41.8 Å². The molecule has 0 aliphatic carbocycles. The maximum Gasteiger partial charge on any atom is 0.262 e. The minimum atomic E-state index is -0.493. The van der Waals surface area contributed by atoms with E-state index in [-0.39, 0.29) is 29.9 Å². The highest BCUT2D eigenvalue weighted by Gasteiger charge is 2.25. The molecule has 0 saturated carbocycles. The number of ketones is 1. The van der Waals surface area contributed by atoms with E-state index in [2.05, 4.69) is 5.32 Å². The van der Waals surface area contributed by atoms with Crippen LogP contribution < -0.4 is 19.5 Å². The second kappa shape index (κ2) is 8.69. The topological polar surface area (TPSA) is 87.0 Å². The molecule has 7 nitrogen and oxygen atoms in total. The molecule has 1 amide bonds. The largest absolute Gasteiger partial charge is 0.482 e. The Balaban J connectivity index is 1.42. The molecular weight excluding hydrogens is 469 g/mol. The molecule has 0 fully saturated rings. The van der Waals surface area contributed by atoms with Crippen molar-refractivity contribution in [3.63, 3.8) is 0 Å². The molecule has 1 aliphatic heterocycles. The quantitative estimate of drug-likeness (QED) is 0.353. The van der Waals surface area contributed by atoms with Gasteiger partial charge >= 0.3 is 0 Å². The Hall–Kier alpha value is -3.68. The molecule has 3 aromatic carbocycles. The highest BCUT2D eigenvalue weighted by Crippen LogP contribution is 2.36. The van der Waals surface area contributed by atoms with Gasteiger partial charge in [-0.1, -0.05) is 35.3 Å². The second-order valence-corrected chi connectivity index (χ2v) is 7.95. The average Bonchev–Trinajstić information content (AvgIpc) is 3.42. The predicted molar refractivity (Wildman–Crippen MR) is 123 cm³/mol. The third-order valence-electron chi connectivity index (χ3n) is 4.95. The monoisotopic (exact) mass is 483 g/mol. The van der Waals surface area contributed by atoms with Crippen LogP contribution in [0.1, 0.15) is 16.1 Å². The van der Waals surface area contributed by atoms with Crippen LogP contribution in [0.2, 0.25) is 10.0 Å². The number of carbonyl (C=O) groups is 2. The zero-order chi connectivity index (χ0) is 22.9. The van der Waals surface area contributed by atoms with Crippen LogP contribution in [-0.2, 0) is 4.79 Å². The summed E-state index contributed by atoms with van der Waals surface area (Å²) in [6, 6.07) is 16.6. The Labute approximate surface area is 197 Å². The van der Waals surface area contributed by atoms with Gasteiger partial charge in [-0.3, -0.25) is 9.59 Å². The predicted octanol–water partition coefficient (Wildman–Crippen LogP) is 5.72. The molecule has 0 atom stereocenters. The lowest BCUT2D eigenvalue weighted by molar-refractivity contribution is -0.118. The summed E-state index contributed by atoms with van der Waals surface area (Å²) in [5.74, 6) is 0.421. The van der Waals surface area contributed by atoms with Crippen molar-refractivity contribution in [3.05, 3.63) is 82.0 Å². The molecule has 33 heavy (non-hydrogen) atoms. The van der Waals surface area contributed by atoms with Crippen LogP contribution in [0.15, 0.2) is 65.1 Å². The van der Waals surface area contributed by atoms with E-state index >= 15 is 0 Å². The molecule has 0 saturated heterocycles. The molecule has 4 aromatic rings. The van der Waals surface area contributed by atoms with Gasteiger partial charge in [0.25, 0.3) is 5.91 Å². The SMILES string of the molecule is O=C(COc1ccc(Cl)cc1Cl)Nc1c(C(=O)c2ccc3c(c2)OCO3)oc2ccccc12. The smallest absolute Gasteiger partial charge is 0.262 e. The summed E-state index contributed by atoms with van der Waals surface area (Å²) >= 11 is 12.0. The van der Waals surface area contributed by atoms with E-state index in [9.17, 15) is 9.59 Å². The van der Waals surface area contributed by atoms with Crippen molar-refractivity contribution in [2.45, 2.75) is 0 Å². The lowest BCUT2D eigenvalue weighted by Gasteiger charge is -2.09. The lowest BCUT2D eigenvalue weighted by atomic mass is 10.1. The fourth-order valence-corrected chi connectivity index (χ4v) is 3.87. The van der Waals surface area contributed by atoms with Crippen molar-refractivity contribution in [2.75, 3.05) is 18.7 Å². The van der Waals surface area contributed by atoms with E-state index < -0.39 is 11.7 Å². The Kier molecular flexibility index (Phi) is 5.58. The van der Waals surface area contributed by atoms with E-state index in [1.54, 1.807) is 54.6 Å². The van der Waals surface area contributed by atoms with Gasteiger partial charge in [-0.2, -0.15) is 0 Å². The summed E-state index contributed by atoms with van der Waals surface area (Å²) in [6.07, 6.45) is 0. The summed E-state index contributed by atoms with van der Waals surface area (Å²) in [4.78, 5) is 25.9. The molecular formula is C24H15Cl2NO6. The van der Waals surface area contributed by atoms with Gasteiger partial charge in [0.15, 0.2) is 23.9 Å². The zero-order valence-electron chi connectivity index (χ0n) is 16.9. The number of rotatable bonds is 6. The minimum Gasteiger partial charge on any atom is -0.482 e. The average molecular weight is 484 g/mol. The number of ether oxygens (including phenoxy) is 3. The molecule has 1 aromatic heterocycles. The van der Waals surface area contributed by atoms with E-state index in [1.807, 2.05) is 0 Å². The molecule has 0 radical (unpaired) electrons. The van der Waals surface area contributed by atoms with Gasteiger partial charge in [0, 0.05) is 16.0 Å². The first-order valence-electron chi connectivity index (χ1n) is 9.83. The molecule has 0 unspecified atom stereocenters. The Bertz CT molecular complexity index is 1400. The lowest BCUT2D eigenvalue weighted by Crippen LogP contribution is -2.21. The van der Waals surface area contributed by atoms with Gasteiger partial charge in [-0.15, -0.1) is 0 Å². The number of hydrogen-bond acceptors (Lipinski definition) is 6.